The molecule has 1 fully saturated rings. The summed E-state index contributed by atoms with van der Waals surface area (Å²) in [5.41, 5.74) is 0.759. The molecule has 2 rings (SSSR count). The molecule has 1 aliphatic rings. The number of benzene rings is 1. The number of thioether (sulfide) groups is 1. The second kappa shape index (κ2) is 8.24. The number of imide groups is 1. The molecule has 0 saturated carbocycles. The van der Waals surface area contributed by atoms with Gasteiger partial charge in [-0.1, -0.05) is 6.92 Å². The van der Waals surface area contributed by atoms with E-state index in [1.165, 1.54) is 4.90 Å². The highest BCUT2D eigenvalue weighted by Crippen LogP contribution is 2.36. The lowest BCUT2D eigenvalue weighted by Gasteiger charge is -2.19. The molecule has 0 bridgehead atoms. The van der Waals surface area contributed by atoms with Crippen LogP contribution in [0.25, 0.3) is 6.08 Å². The van der Waals surface area contributed by atoms with E-state index in [9.17, 15) is 9.59 Å². The molecule has 2 amide bonds. The van der Waals surface area contributed by atoms with Gasteiger partial charge in [-0.2, -0.15) is 0 Å². The van der Waals surface area contributed by atoms with Gasteiger partial charge in [0, 0.05) is 17.7 Å². The summed E-state index contributed by atoms with van der Waals surface area (Å²) in [5, 5.41) is -0.218. The smallest absolute Gasteiger partial charge is 0.293 e. The predicted molar refractivity (Wildman–Crippen MR) is 96.3 cm³/mol. The molecule has 1 aromatic carbocycles. The first-order valence-corrected chi connectivity index (χ1v) is 9.00. The zero-order valence-corrected chi connectivity index (χ0v) is 15.3. The zero-order chi connectivity index (χ0) is 17.7. The lowest BCUT2D eigenvalue weighted by molar-refractivity contribution is -0.124. The molecule has 1 saturated heterocycles. The van der Waals surface area contributed by atoms with Crippen LogP contribution in [0.15, 0.2) is 23.1 Å². The summed E-state index contributed by atoms with van der Waals surface area (Å²) >= 11 is 0.973. The standard InChI is InChI=1S/C18H23NO4S/c1-5-12(4)19-17(20)16(24-18(19)21)10-13-8-9-14(22-6-2)11-15(13)23-7-3/h8-12H,5-7H2,1-4H3/b16-10+. The van der Waals surface area contributed by atoms with Crippen molar-refractivity contribution in [2.45, 2.75) is 40.2 Å². The Balaban J connectivity index is 2.33. The van der Waals surface area contributed by atoms with Crippen molar-refractivity contribution in [2.75, 3.05) is 13.2 Å². The largest absolute Gasteiger partial charge is 0.494 e. The van der Waals surface area contributed by atoms with Crippen LogP contribution in [0, 0.1) is 0 Å². The lowest BCUT2D eigenvalue weighted by atomic mass is 10.1. The van der Waals surface area contributed by atoms with Crippen LogP contribution in [0.2, 0.25) is 0 Å². The monoisotopic (exact) mass is 349 g/mol. The van der Waals surface area contributed by atoms with Gasteiger partial charge in [-0.15, -0.1) is 0 Å². The zero-order valence-electron chi connectivity index (χ0n) is 14.5. The molecular weight excluding hydrogens is 326 g/mol. The summed E-state index contributed by atoms with van der Waals surface area (Å²) in [6.07, 6.45) is 2.45. The van der Waals surface area contributed by atoms with Crippen LogP contribution in [-0.2, 0) is 4.79 Å². The highest BCUT2D eigenvalue weighted by molar-refractivity contribution is 8.18. The van der Waals surface area contributed by atoms with Gasteiger partial charge in [0.05, 0.1) is 18.1 Å². The van der Waals surface area contributed by atoms with E-state index in [1.54, 1.807) is 12.1 Å². The fraction of sp³-hybridized carbons (Fsp3) is 0.444. The van der Waals surface area contributed by atoms with Gasteiger partial charge >= 0.3 is 0 Å². The number of nitrogens with zero attached hydrogens (tertiary/aromatic N) is 1. The number of rotatable bonds is 7. The number of amides is 2. The maximum atomic E-state index is 12.5. The molecule has 0 aliphatic carbocycles. The minimum absolute atomic E-state index is 0.102. The minimum atomic E-state index is -0.240. The molecule has 1 heterocycles. The van der Waals surface area contributed by atoms with E-state index in [-0.39, 0.29) is 17.2 Å². The van der Waals surface area contributed by atoms with E-state index in [2.05, 4.69) is 0 Å². The van der Waals surface area contributed by atoms with Gasteiger partial charge in [0.2, 0.25) is 0 Å². The third-order valence-corrected chi connectivity index (χ3v) is 4.62. The van der Waals surface area contributed by atoms with Gasteiger partial charge in [-0.05, 0) is 57.2 Å². The van der Waals surface area contributed by atoms with Gasteiger partial charge in [0.15, 0.2) is 0 Å². The van der Waals surface area contributed by atoms with Crippen molar-refractivity contribution >= 4 is 29.0 Å². The van der Waals surface area contributed by atoms with Crippen molar-refractivity contribution < 1.29 is 19.1 Å². The molecule has 1 unspecified atom stereocenters. The maximum Gasteiger partial charge on any atom is 0.293 e. The van der Waals surface area contributed by atoms with Crippen LogP contribution >= 0.6 is 11.8 Å². The second-order valence-corrected chi connectivity index (χ2v) is 6.37. The first-order valence-electron chi connectivity index (χ1n) is 8.18. The van der Waals surface area contributed by atoms with E-state index >= 15 is 0 Å². The molecule has 24 heavy (non-hydrogen) atoms. The fourth-order valence-corrected chi connectivity index (χ4v) is 3.28. The van der Waals surface area contributed by atoms with Crippen LogP contribution in [0.5, 0.6) is 11.5 Å². The Hall–Kier alpha value is -1.95. The van der Waals surface area contributed by atoms with Gasteiger partial charge < -0.3 is 9.47 Å². The van der Waals surface area contributed by atoms with Crippen LogP contribution in [0.1, 0.15) is 39.7 Å². The third-order valence-electron chi connectivity index (χ3n) is 3.74. The average molecular weight is 349 g/mol. The number of ether oxygens (including phenoxy) is 2. The molecular formula is C18H23NO4S. The quantitative estimate of drug-likeness (QED) is 0.686. The predicted octanol–water partition coefficient (Wildman–Crippen LogP) is 4.32. The Bertz CT molecular complexity index is 656. The van der Waals surface area contributed by atoms with Crippen molar-refractivity contribution in [3.8, 4) is 11.5 Å². The highest BCUT2D eigenvalue weighted by Gasteiger charge is 2.37. The molecule has 130 valence electrons. The molecule has 1 aromatic rings. The topological polar surface area (TPSA) is 55.8 Å². The third kappa shape index (κ3) is 3.93. The van der Waals surface area contributed by atoms with Crippen LogP contribution < -0.4 is 9.47 Å². The molecule has 1 atom stereocenters. The van der Waals surface area contributed by atoms with Crippen molar-refractivity contribution in [2.24, 2.45) is 0 Å². The number of carbonyl (C=O) groups excluding carboxylic acids is 2. The normalized spacial score (nSPS) is 17.5. The van der Waals surface area contributed by atoms with E-state index in [0.717, 1.165) is 23.7 Å². The van der Waals surface area contributed by atoms with E-state index < -0.39 is 0 Å². The summed E-state index contributed by atoms with van der Waals surface area (Å²) in [7, 11) is 0. The Kier molecular flexibility index (Phi) is 6.31. The molecule has 0 radical (unpaired) electrons. The van der Waals surface area contributed by atoms with Crippen molar-refractivity contribution in [3.63, 3.8) is 0 Å². The van der Waals surface area contributed by atoms with Crippen LogP contribution in [-0.4, -0.2) is 35.3 Å². The lowest BCUT2D eigenvalue weighted by Crippen LogP contribution is -2.36. The number of hydrogen-bond donors (Lipinski definition) is 0. The van der Waals surface area contributed by atoms with Crippen LogP contribution in [0.4, 0.5) is 4.79 Å². The van der Waals surface area contributed by atoms with E-state index in [1.807, 2.05) is 39.8 Å². The molecule has 6 heteroatoms. The first kappa shape index (κ1) is 18.4. The summed E-state index contributed by atoms with van der Waals surface area (Å²) in [5.74, 6) is 1.11. The van der Waals surface area contributed by atoms with Crippen molar-refractivity contribution in [1.82, 2.24) is 4.90 Å². The highest BCUT2D eigenvalue weighted by atomic mass is 32.2. The van der Waals surface area contributed by atoms with E-state index in [4.69, 9.17) is 9.47 Å². The van der Waals surface area contributed by atoms with Gasteiger partial charge in [0.25, 0.3) is 11.1 Å². The Morgan fingerprint density at radius 2 is 1.88 bits per heavy atom. The average Bonchev–Trinajstić information content (AvgIpc) is 2.83. The summed E-state index contributed by atoms with van der Waals surface area (Å²) in [6, 6.07) is 5.37. The molecule has 0 aromatic heterocycles. The van der Waals surface area contributed by atoms with Gasteiger partial charge in [-0.25, -0.2) is 0 Å². The summed E-state index contributed by atoms with van der Waals surface area (Å²) in [6.45, 7) is 8.72. The molecule has 0 spiro atoms. The summed E-state index contributed by atoms with van der Waals surface area (Å²) in [4.78, 5) is 26.4. The Morgan fingerprint density at radius 3 is 2.50 bits per heavy atom. The van der Waals surface area contributed by atoms with Gasteiger partial charge in [-0.3, -0.25) is 14.5 Å². The van der Waals surface area contributed by atoms with E-state index in [0.29, 0.717) is 29.6 Å². The van der Waals surface area contributed by atoms with Crippen LogP contribution in [0.3, 0.4) is 0 Å². The molecule has 1 aliphatic heterocycles. The molecule has 0 N–H and O–H groups in total. The number of carbonyl (C=O) groups is 2. The Morgan fingerprint density at radius 1 is 1.17 bits per heavy atom. The second-order valence-electron chi connectivity index (χ2n) is 5.37. The maximum absolute atomic E-state index is 12.5. The molecule has 5 nitrogen and oxygen atoms in total. The fourth-order valence-electron chi connectivity index (χ4n) is 2.35. The SMILES string of the molecule is CCOc1ccc(/C=C2/SC(=O)N(C(C)CC)C2=O)c(OCC)c1. The van der Waals surface area contributed by atoms with Gasteiger partial charge in [0.1, 0.15) is 11.5 Å². The first-order chi connectivity index (χ1) is 11.5. The minimum Gasteiger partial charge on any atom is -0.494 e. The number of hydrogen-bond acceptors (Lipinski definition) is 5. The summed E-state index contributed by atoms with van der Waals surface area (Å²) < 4.78 is 11.1. The Labute approximate surface area is 147 Å². The van der Waals surface area contributed by atoms with Crippen molar-refractivity contribution in [1.29, 1.82) is 0 Å². The van der Waals surface area contributed by atoms with Crippen molar-refractivity contribution in [3.05, 3.63) is 28.7 Å².